The summed E-state index contributed by atoms with van der Waals surface area (Å²) in [5, 5.41) is 0. The van der Waals surface area contributed by atoms with Crippen LogP contribution in [0.5, 0.6) is 0 Å². The van der Waals surface area contributed by atoms with Crippen LogP contribution in [0.4, 0.5) is 0 Å². The Kier molecular flexibility index (Phi) is 4.81. The molecule has 0 bridgehead atoms. The molecule has 0 N–H and O–H groups in total. The molecular weight excluding hydrogens is 278 g/mol. The zero-order chi connectivity index (χ0) is 16.3. The Morgan fingerprint density at radius 1 is 1.18 bits per heavy atom. The second-order valence-electron chi connectivity index (χ2n) is 5.54. The maximum Gasteiger partial charge on any atom is 0.343 e. The van der Waals surface area contributed by atoms with E-state index in [1.54, 1.807) is 19.3 Å². The highest BCUT2D eigenvalue weighted by Crippen LogP contribution is 2.19. The molecule has 0 aliphatic carbocycles. The topological polar surface area (TPSA) is 48.3 Å². The zero-order valence-electron chi connectivity index (χ0n) is 13.4. The largest absolute Gasteiger partial charge is 0.462 e. The van der Waals surface area contributed by atoms with Gasteiger partial charge in [0.1, 0.15) is 5.56 Å². The van der Waals surface area contributed by atoms with Crippen LogP contribution < -0.4 is 5.43 Å². The Morgan fingerprint density at radius 3 is 2.36 bits per heavy atom. The van der Waals surface area contributed by atoms with Gasteiger partial charge < -0.3 is 9.30 Å². The summed E-state index contributed by atoms with van der Waals surface area (Å²) in [5.41, 5.74) is 2.22. The van der Waals surface area contributed by atoms with Gasteiger partial charge in [-0.2, -0.15) is 0 Å². The number of esters is 1. The number of hydrogen-bond donors (Lipinski definition) is 0. The third kappa shape index (κ3) is 3.27. The zero-order valence-corrected chi connectivity index (χ0v) is 13.4. The summed E-state index contributed by atoms with van der Waals surface area (Å²) in [7, 11) is 0. The first-order valence-corrected chi connectivity index (χ1v) is 7.44. The SMILES string of the molecule is CCOC(=O)c1cn(C(C)C)cc(-c2ccc(C)cc2)c1=O. The van der Waals surface area contributed by atoms with E-state index in [1.807, 2.05) is 49.6 Å². The summed E-state index contributed by atoms with van der Waals surface area (Å²) < 4.78 is 6.87. The molecule has 0 unspecified atom stereocenters. The summed E-state index contributed by atoms with van der Waals surface area (Å²) in [6, 6.07) is 7.83. The number of nitrogens with zero attached hydrogens (tertiary/aromatic N) is 1. The number of benzene rings is 1. The molecule has 0 aliphatic heterocycles. The van der Waals surface area contributed by atoms with Crippen LogP contribution >= 0.6 is 0 Å². The van der Waals surface area contributed by atoms with E-state index in [1.165, 1.54) is 0 Å². The van der Waals surface area contributed by atoms with E-state index in [-0.39, 0.29) is 23.6 Å². The van der Waals surface area contributed by atoms with E-state index in [4.69, 9.17) is 4.74 Å². The molecule has 1 aromatic heterocycles. The smallest absolute Gasteiger partial charge is 0.343 e. The third-order valence-corrected chi connectivity index (χ3v) is 3.50. The fourth-order valence-electron chi connectivity index (χ4n) is 2.19. The van der Waals surface area contributed by atoms with Crippen molar-refractivity contribution in [1.29, 1.82) is 0 Å². The van der Waals surface area contributed by atoms with E-state index < -0.39 is 5.97 Å². The Labute approximate surface area is 130 Å². The second kappa shape index (κ2) is 6.60. The Bertz CT molecular complexity index is 727. The Balaban J connectivity index is 2.64. The average molecular weight is 299 g/mol. The second-order valence-corrected chi connectivity index (χ2v) is 5.54. The monoisotopic (exact) mass is 299 g/mol. The van der Waals surface area contributed by atoms with E-state index in [0.717, 1.165) is 11.1 Å². The molecule has 4 heteroatoms. The maximum absolute atomic E-state index is 12.6. The molecular formula is C18H21NO3. The van der Waals surface area contributed by atoms with Crippen molar-refractivity contribution in [3.8, 4) is 11.1 Å². The molecule has 2 aromatic rings. The van der Waals surface area contributed by atoms with Crippen molar-refractivity contribution in [2.75, 3.05) is 6.61 Å². The lowest BCUT2D eigenvalue weighted by Crippen LogP contribution is -2.22. The van der Waals surface area contributed by atoms with Gasteiger partial charge in [0.05, 0.1) is 6.61 Å². The number of carbonyl (C=O) groups is 1. The number of rotatable bonds is 4. The van der Waals surface area contributed by atoms with E-state index in [0.29, 0.717) is 5.56 Å². The molecule has 0 amide bonds. The van der Waals surface area contributed by atoms with Crippen LogP contribution in [0.3, 0.4) is 0 Å². The van der Waals surface area contributed by atoms with E-state index in [9.17, 15) is 9.59 Å². The highest BCUT2D eigenvalue weighted by Gasteiger charge is 2.17. The van der Waals surface area contributed by atoms with Crippen molar-refractivity contribution in [1.82, 2.24) is 4.57 Å². The molecule has 4 nitrogen and oxygen atoms in total. The minimum atomic E-state index is -0.573. The minimum absolute atomic E-state index is 0.0774. The number of ether oxygens (including phenoxy) is 1. The van der Waals surface area contributed by atoms with Crippen LogP contribution in [0.15, 0.2) is 41.5 Å². The standard InChI is InChI=1S/C18H21NO3/c1-5-22-18(21)16-11-19(12(2)3)10-15(17(16)20)14-8-6-13(4)7-9-14/h6-12H,5H2,1-4H3. The van der Waals surface area contributed by atoms with Crippen LogP contribution in [0, 0.1) is 6.92 Å². The van der Waals surface area contributed by atoms with Crippen molar-refractivity contribution in [2.45, 2.75) is 33.7 Å². The lowest BCUT2D eigenvalue weighted by molar-refractivity contribution is 0.0524. The van der Waals surface area contributed by atoms with Gasteiger partial charge in [-0.15, -0.1) is 0 Å². The predicted octanol–water partition coefficient (Wildman–Crippen LogP) is 3.58. The average Bonchev–Trinajstić information content (AvgIpc) is 2.48. The van der Waals surface area contributed by atoms with E-state index >= 15 is 0 Å². The summed E-state index contributed by atoms with van der Waals surface area (Å²) >= 11 is 0. The Morgan fingerprint density at radius 2 is 1.82 bits per heavy atom. The van der Waals surface area contributed by atoms with Gasteiger partial charge in [0, 0.05) is 24.0 Å². The summed E-state index contributed by atoms with van der Waals surface area (Å²) in [6.45, 7) is 7.96. The highest BCUT2D eigenvalue weighted by atomic mass is 16.5. The third-order valence-electron chi connectivity index (χ3n) is 3.50. The lowest BCUT2D eigenvalue weighted by atomic mass is 10.0. The molecule has 2 rings (SSSR count). The lowest BCUT2D eigenvalue weighted by Gasteiger charge is -2.15. The first kappa shape index (κ1) is 16.0. The van der Waals surface area contributed by atoms with Crippen LogP contribution in [-0.2, 0) is 4.74 Å². The number of pyridine rings is 1. The van der Waals surface area contributed by atoms with Crippen LogP contribution in [0.25, 0.3) is 11.1 Å². The molecule has 0 saturated heterocycles. The van der Waals surface area contributed by atoms with Crippen LogP contribution in [0.1, 0.15) is 42.7 Å². The first-order chi connectivity index (χ1) is 10.4. The molecule has 0 radical (unpaired) electrons. The minimum Gasteiger partial charge on any atom is -0.462 e. The van der Waals surface area contributed by atoms with Gasteiger partial charge in [-0.3, -0.25) is 4.79 Å². The molecule has 1 heterocycles. The molecule has 0 atom stereocenters. The van der Waals surface area contributed by atoms with Crippen molar-refractivity contribution in [3.63, 3.8) is 0 Å². The quantitative estimate of drug-likeness (QED) is 0.811. The van der Waals surface area contributed by atoms with Gasteiger partial charge >= 0.3 is 5.97 Å². The van der Waals surface area contributed by atoms with Crippen molar-refractivity contribution < 1.29 is 9.53 Å². The van der Waals surface area contributed by atoms with Gasteiger partial charge in [0.25, 0.3) is 0 Å². The van der Waals surface area contributed by atoms with Gasteiger partial charge in [0.15, 0.2) is 0 Å². The molecule has 22 heavy (non-hydrogen) atoms. The molecule has 0 aliphatic rings. The molecule has 0 fully saturated rings. The molecule has 116 valence electrons. The van der Waals surface area contributed by atoms with Gasteiger partial charge in [0.2, 0.25) is 5.43 Å². The van der Waals surface area contributed by atoms with Gasteiger partial charge in [-0.05, 0) is 33.3 Å². The fraction of sp³-hybridized carbons (Fsp3) is 0.333. The number of aryl methyl sites for hydroxylation is 1. The van der Waals surface area contributed by atoms with E-state index in [2.05, 4.69) is 0 Å². The predicted molar refractivity (Wildman–Crippen MR) is 87.2 cm³/mol. The summed E-state index contributed by atoms with van der Waals surface area (Å²) in [6.07, 6.45) is 3.36. The first-order valence-electron chi connectivity index (χ1n) is 7.44. The molecule has 1 aromatic carbocycles. The van der Waals surface area contributed by atoms with Gasteiger partial charge in [-0.1, -0.05) is 29.8 Å². The maximum atomic E-state index is 12.6. The molecule has 0 spiro atoms. The number of hydrogen-bond acceptors (Lipinski definition) is 3. The summed E-state index contributed by atoms with van der Waals surface area (Å²) in [5.74, 6) is -0.573. The highest BCUT2D eigenvalue weighted by molar-refractivity contribution is 5.90. The van der Waals surface area contributed by atoms with Crippen molar-refractivity contribution in [3.05, 3.63) is 58.0 Å². The van der Waals surface area contributed by atoms with Crippen molar-refractivity contribution in [2.24, 2.45) is 0 Å². The number of carbonyl (C=O) groups excluding carboxylic acids is 1. The van der Waals surface area contributed by atoms with Crippen LogP contribution in [0.2, 0.25) is 0 Å². The van der Waals surface area contributed by atoms with Gasteiger partial charge in [-0.25, -0.2) is 4.79 Å². The number of aromatic nitrogens is 1. The van der Waals surface area contributed by atoms with Crippen LogP contribution in [-0.4, -0.2) is 17.1 Å². The normalized spacial score (nSPS) is 10.8. The van der Waals surface area contributed by atoms with Crippen molar-refractivity contribution >= 4 is 5.97 Å². The summed E-state index contributed by atoms with van der Waals surface area (Å²) in [4.78, 5) is 24.7. The molecule has 0 saturated carbocycles. The fourth-order valence-corrected chi connectivity index (χ4v) is 2.19. The Hall–Kier alpha value is -2.36.